The van der Waals surface area contributed by atoms with Gasteiger partial charge in [-0.2, -0.15) is 0 Å². The molecule has 9 heteroatoms. The summed E-state index contributed by atoms with van der Waals surface area (Å²) in [6.45, 7) is 17.1. The van der Waals surface area contributed by atoms with Gasteiger partial charge in [-0.1, -0.05) is 37.3 Å². The third-order valence-electron chi connectivity index (χ3n) is 7.52. The second-order valence-electron chi connectivity index (χ2n) is 10.0. The molecule has 0 aromatic carbocycles. The van der Waals surface area contributed by atoms with Crippen molar-refractivity contribution in [3.8, 4) is 0 Å². The number of anilines is 2. The zero-order valence-electron chi connectivity index (χ0n) is 22.5. The minimum Gasteiger partial charge on any atom is -0.382 e. The molecule has 9 nitrogen and oxygen atoms in total. The molecule has 0 spiro atoms. The molecule has 3 rings (SSSR count). The van der Waals surface area contributed by atoms with E-state index in [1.165, 1.54) is 18.2 Å². The Bertz CT molecular complexity index is 1050. The van der Waals surface area contributed by atoms with Gasteiger partial charge in [-0.25, -0.2) is 4.98 Å². The van der Waals surface area contributed by atoms with Crippen molar-refractivity contribution in [2.75, 3.05) is 50.4 Å². The third-order valence-corrected chi connectivity index (χ3v) is 7.52. The number of H-pyrrole nitrogens is 1. The predicted molar refractivity (Wildman–Crippen MR) is 147 cm³/mol. The van der Waals surface area contributed by atoms with E-state index >= 15 is 0 Å². The lowest BCUT2D eigenvalue weighted by atomic mass is 9.96. The Morgan fingerprint density at radius 3 is 2.53 bits per heavy atom. The van der Waals surface area contributed by atoms with Gasteiger partial charge in [-0.05, 0) is 45.6 Å². The van der Waals surface area contributed by atoms with Gasteiger partial charge < -0.3 is 20.9 Å². The first-order valence-corrected chi connectivity index (χ1v) is 13.0. The van der Waals surface area contributed by atoms with Crippen LogP contribution in [0.25, 0.3) is 0 Å². The van der Waals surface area contributed by atoms with E-state index < -0.39 is 5.91 Å². The van der Waals surface area contributed by atoms with E-state index in [0.29, 0.717) is 37.0 Å². The standard InChI is InChI=1S/C27H43N7O2/c1-7-20(10-9-18(3)4)19(5)32-13-11-22(12-14-32)34-16-15-33(17-21(34)8-2)25-27(36)30-23(24(28)31-25)26(35)29-6/h7,9-10,19,21-22H,1,8,11-17H2,2-6H3,(H2,28,31)(H,29,35)(H,30,36)/b20-10+. The average Bonchev–Trinajstić information content (AvgIpc) is 2.89. The number of piperazine rings is 1. The fraction of sp³-hybridized carbons (Fsp3) is 0.593. The van der Waals surface area contributed by atoms with Gasteiger partial charge >= 0.3 is 0 Å². The molecule has 2 fully saturated rings. The topological polar surface area (TPSA) is 111 Å². The van der Waals surface area contributed by atoms with Crippen LogP contribution in [-0.4, -0.2) is 83.6 Å². The zero-order valence-corrected chi connectivity index (χ0v) is 22.5. The predicted octanol–water partition coefficient (Wildman–Crippen LogP) is 2.54. The van der Waals surface area contributed by atoms with E-state index in [4.69, 9.17) is 5.73 Å². The van der Waals surface area contributed by atoms with Crippen molar-refractivity contribution in [2.45, 2.75) is 65.1 Å². The summed E-state index contributed by atoms with van der Waals surface area (Å²) in [4.78, 5) is 38.8. The number of rotatable bonds is 8. The van der Waals surface area contributed by atoms with E-state index in [-0.39, 0.29) is 17.1 Å². The van der Waals surface area contributed by atoms with Crippen LogP contribution in [0.15, 0.2) is 40.7 Å². The lowest BCUT2D eigenvalue weighted by molar-refractivity contribution is 0.0566. The van der Waals surface area contributed by atoms with E-state index in [1.54, 1.807) is 0 Å². The number of nitrogen functional groups attached to an aromatic ring is 1. The maximum atomic E-state index is 12.7. The molecule has 2 atom stereocenters. The first-order valence-electron chi connectivity index (χ1n) is 13.0. The van der Waals surface area contributed by atoms with Crippen molar-refractivity contribution >= 4 is 17.5 Å². The van der Waals surface area contributed by atoms with E-state index in [1.807, 2.05) is 11.0 Å². The van der Waals surface area contributed by atoms with Crippen molar-refractivity contribution in [2.24, 2.45) is 0 Å². The molecular formula is C27H43N7O2. The molecule has 2 saturated heterocycles. The number of carbonyl (C=O) groups is 1. The van der Waals surface area contributed by atoms with Gasteiger partial charge in [0.2, 0.25) is 0 Å². The first kappa shape index (κ1) is 27.7. The van der Waals surface area contributed by atoms with E-state index in [0.717, 1.165) is 38.9 Å². The number of carbonyl (C=O) groups excluding carboxylic acids is 1. The van der Waals surface area contributed by atoms with Crippen LogP contribution in [0.3, 0.4) is 0 Å². The molecule has 4 N–H and O–H groups in total. The largest absolute Gasteiger partial charge is 0.382 e. The third kappa shape index (κ3) is 6.25. The van der Waals surface area contributed by atoms with Crippen LogP contribution in [0.2, 0.25) is 0 Å². The number of nitrogens with two attached hydrogens (primary N) is 1. The van der Waals surface area contributed by atoms with Crippen molar-refractivity contribution in [1.82, 2.24) is 25.1 Å². The van der Waals surface area contributed by atoms with Gasteiger partial charge in [0.1, 0.15) is 5.69 Å². The van der Waals surface area contributed by atoms with Crippen molar-refractivity contribution in [3.05, 3.63) is 52.0 Å². The van der Waals surface area contributed by atoms with E-state index in [9.17, 15) is 9.59 Å². The van der Waals surface area contributed by atoms with Crippen LogP contribution in [-0.2, 0) is 0 Å². The number of amides is 1. The molecule has 1 amide bonds. The molecule has 2 unspecified atom stereocenters. The first-order chi connectivity index (χ1) is 17.2. The van der Waals surface area contributed by atoms with Gasteiger partial charge in [0.25, 0.3) is 11.5 Å². The Kier molecular flexibility index (Phi) is 9.50. The molecular weight excluding hydrogens is 454 g/mol. The van der Waals surface area contributed by atoms with Crippen molar-refractivity contribution < 1.29 is 4.79 Å². The monoisotopic (exact) mass is 497 g/mol. The highest BCUT2D eigenvalue weighted by Gasteiger charge is 2.35. The molecule has 36 heavy (non-hydrogen) atoms. The molecule has 0 saturated carbocycles. The fourth-order valence-corrected chi connectivity index (χ4v) is 5.33. The molecule has 198 valence electrons. The number of allylic oxidation sites excluding steroid dienone is 3. The van der Waals surface area contributed by atoms with Gasteiger partial charge in [-0.15, -0.1) is 0 Å². The molecule has 2 aliphatic rings. The minimum atomic E-state index is -0.451. The van der Waals surface area contributed by atoms with Crippen LogP contribution in [0, 0.1) is 0 Å². The van der Waals surface area contributed by atoms with E-state index in [2.05, 4.69) is 71.5 Å². The molecule has 1 aromatic rings. The molecule has 0 bridgehead atoms. The number of hydrogen-bond acceptors (Lipinski definition) is 7. The molecule has 0 aliphatic carbocycles. The highest BCUT2D eigenvalue weighted by Crippen LogP contribution is 2.27. The summed E-state index contributed by atoms with van der Waals surface area (Å²) in [5, 5.41) is 2.47. The number of aromatic nitrogens is 2. The second kappa shape index (κ2) is 12.4. The summed E-state index contributed by atoms with van der Waals surface area (Å²) in [6, 6.07) is 1.20. The highest BCUT2D eigenvalue weighted by atomic mass is 16.2. The van der Waals surface area contributed by atoms with Gasteiger partial charge in [0, 0.05) is 57.9 Å². The number of hydrogen-bond donors (Lipinski definition) is 3. The van der Waals surface area contributed by atoms with Crippen LogP contribution >= 0.6 is 0 Å². The maximum absolute atomic E-state index is 12.7. The lowest BCUT2D eigenvalue weighted by Crippen LogP contribution is -2.59. The average molecular weight is 498 g/mol. The fourth-order valence-electron chi connectivity index (χ4n) is 5.33. The summed E-state index contributed by atoms with van der Waals surface area (Å²) in [5.41, 5.74) is 8.16. The molecule has 1 aromatic heterocycles. The molecule has 2 aliphatic heterocycles. The molecule has 0 radical (unpaired) electrons. The summed E-state index contributed by atoms with van der Waals surface area (Å²) < 4.78 is 0. The Balaban J connectivity index is 1.65. The van der Waals surface area contributed by atoms with Crippen LogP contribution < -0.4 is 21.5 Å². The Hall–Kier alpha value is -2.91. The quantitative estimate of drug-likeness (QED) is 0.474. The van der Waals surface area contributed by atoms with Crippen LogP contribution in [0.5, 0.6) is 0 Å². The smallest absolute Gasteiger partial charge is 0.291 e. The second-order valence-corrected chi connectivity index (χ2v) is 10.0. The Morgan fingerprint density at radius 1 is 1.25 bits per heavy atom. The van der Waals surface area contributed by atoms with Crippen molar-refractivity contribution in [3.63, 3.8) is 0 Å². The summed E-state index contributed by atoms with van der Waals surface area (Å²) in [6.07, 6.45) is 9.57. The number of nitrogens with one attached hydrogen (secondary N) is 2. The molecule has 3 heterocycles. The lowest BCUT2D eigenvalue weighted by Gasteiger charge is -2.48. The van der Waals surface area contributed by atoms with Crippen LogP contribution in [0.4, 0.5) is 11.6 Å². The van der Waals surface area contributed by atoms with Crippen molar-refractivity contribution in [1.29, 1.82) is 0 Å². The van der Waals surface area contributed by atoms with Gasteiger partial charge in [-0.3, -0.25) is 19.4 Å². The maximum Gasteiger partial charge on any atom is 0.291 e. The Labute approximate surface area is 215 Å². The number of likely N-dealkylation sites (tertiary alicyclic amines) is 1. The summed E-state index contributed by atoms with van der Waals surface area (Å²) in [5.74, 6) is -0.117. The zero-order chi connectivity index (χ0) is 26.4. The SMILES string of the molecule is C=C/C(=C\C=C(C)C)C(C)N1CCC(N2CCN(c3nc(N)c(C(=O)NC)[nH]c3=O)CC2CC)CC1. The number of aromatic amines is 1. The summed E-state index contributed by atoms with van der Waals surface area (Å²) in [7, 11) is 1.49. The number of piperidine rings is 1. The Morgan fingerprint density at radius 2 is 1.94 bits per heavy atom. The summed E-state index contributed by atoms with van der Waals surface area (Å²) >= 11 is 0. The van der Waals surface area contributed by atoms with Crippen LogP contribution in [0.1, 0.15) is 57.4 Å². The minimum absolute atomic E-state index is 0.00761. The van der Waals surface area contributed by atoms with Gasteiger partial charge in [0.05, 0.1) is 0 Å². The highest BCUT2D eigenvalue weighted by molar-refractivity contribution is 5.96. The normalized spacial score (nSPS) is 21.2. The van der Waals surface area contributed by atoms with Gasteiger partial charge in [0.15, 0.2) is 11.6 Å². The number of nitrogens with zero attached hydrogens (tertiary/aromatic N) is 4.